The van der Waals surface area contributed by atoms with E-state index in [2.05, 4.69) is 0 Å². The summed E-state index contributed by atoms with van der Waals surface area (Å²) in [7, 11) is 0. The molecule has 0 aromatic heterocycles. The summed E-state index contributed by atoms with van der Waals surface area (Å²) < 4.78 is 20.3. The number of aliphatic carboxylic acids is 1. The quantitative estimate of drug-likeness (QED) is 0.411. The maximum Gasteiger partial charge on any atom is 0.508 e. The third-order valence-electron chi connectivity index (χ3n) is 4.48. The number of hydrogen-bond donors (Lipinski definition) is 2. The fraction of sp³-hybridized carbons (Fsp3) is 0.524. The molecule has 0 spiro atoms. The Kier molecular flexibility index (Phi) is 9.94. The van der Waals surface area contributed by atoms with Gasteiger partial charge in [-0.15, -0.1) is 0 Å². The minimum absolute atomic E-state index is 0.00451. The second-order valence-electron chi connectivity index (χ2n) is 7.16. The van der Waals surface area contributed by atoms with Gasteiger partial charge in [0, 0.05) is 19.8 Å². The van der Waals surface area contributed by atoms with Gasteiger partial charge in [0.15, 0.2) is 11.5 Å². The Morgan fingerprint density at radius 1 is 1.03 bits per heavy atom. The average Bonchev–Trinajstić information content (AvgIpc) is 2.67. The number of benzene rings is 1. The molecule has 10 heteroatoms. The molecule has 31 heavy (non-hydrogen) atoms. The highest BCUT2D eigenvalue weighted by Gasteiger charge is 2.32. The summed E-state index contributed by atoms with van der Waals surface area (Å²) in [4.78, 5) is 46.2. The number of carboxylic acid groups (broad SMARTS) is 1. The van der Waals surface area contributed by atoms with Gasteiger partial charge < -0.3 is 29.8 Å². The lowest BCUT2D eigenvalue weighted by atomic mass is 9.82. The summed E-state index contributed by atoms with van der Waals surface area (Å²) in [6.45, 7) is 7.43. The first-order valence-corrected chi connectivity index (χ1v) is 9.78. The molecular formula is C21H29NO9. The van der Waals surface area contributed by atoms with Gasteiger partial charge in [0.2, 0.25) is 0 Å². The molecule has 0 amide bonds. The molecule has 0 saturated carbocycles. The lowest BCUT2D eigenvalue weighted by molar-refractivity contribution is -0.139. The van der Waals surface area contributed by atoms with Gasteiger partial charge >= 0.3 is 24.1 Å². The van der Waals surface area contributed by atoms with Crippen molar-refractivity contribution in [1.82, 2.24) is 0 Å². The van der Waals surface area contributed by atoms with E-state index in [9.17, 15) is 24.3 Å². The van der Waals surface area contributed by atoms with Crippen molar-refractivity contribution in [3.63, 3.8) is 0 Å². The van der Waals surface area contributed by atoms with E-state index >= 15 is 0 Å². The van der Waals surface area contributed by atoms with Crippen LogP contribution < -0.4 is 15.2 Å². The molecule has 0 radical (unpaired) electrons. The Bertz CT molecular complexity index is 808. The molecular weight excluding hydrogens is 410 g/mol. The van der Waals surface area contributed by atoms with E-state index in [-0.39, 0.29) is 24.2 Å². The van der Waals surface area contributed by atoms with Crippen LogP contribution in [0.3, 0.4) is 0 Å². The lowest BCUT2D eigenvalue weighted by Gasteiger charge is -2.28. The molecule has 3 N–H and O–H groups in total. The third kappa shape index (κ3) is 8.25. The van der Waals surface area contributed by atoms with Crippen molar-refractivity contribution < 1.29 is 43.2 Å². The van der Waals surface area contributed by atoms with Gasteiger partial charge in [0.05, 0.1) is 6.61 Å². The Morgan fingerprint density at radius 3 is 2.13 bits per heavy atom. The van der Waals surface area contributed by atoms with Gasteiger partial charge in [-0.05, 0) is 37.0 Å². The number of carbonyl (C=O) groups is 4. The highest BCUT2D eigenvalue weighted by atomic mass is 16.7. The zero-order valence-corrected chi connectivity index (χ0v) is 18.2. The number of nitrogens with two attached hydrogens (primary N) is 1. The van der Waals surface area contributed by atoms with Crippen LogP contribution in [0.25, 0.3) is 0 Å². The first kappa shape index (κ1) is 25.9. The second kappa shape index (κ2) is 11.9. The van der Waals surface area contributed by atoms with Crippen molar-refractivity contribution in [1.29, 1.82) is 0 Å². The van der Waals surface area contributed by atoms with Crippen molar-refractivity contribution in [3.05, 3.63) is 23.8 Å². The fourth-order valence-corrected chi connectivity index (χ4v) is 2.83. The molecule has 0 aliphatic rings. The van der Waals surface area contributed by atoms with Crippen molar-refractivity contribution in [2.24, 2.45) is 11.7 Å². The van der Waals surface area contributed by atoms with Gasteiger partial charge in [-0.3, -0.25) is 14.4 Å². The number of rotatable bonds is 10. The maximum absolute atomic E-state index is 11.8. The van der Waals surface area contributed by atoms with Crippen molar-refractivity contribution in [3.8, 4) is 11.5 Å². The normalized spacial score (nSPS) is 14.5. The summed E-state index contributed by atoms with van der Waals surface area (Å²) in [5, 5.41) is 9.47. The van der Waals surface area contributed by atoms with E-state index in [1.165, 1.54) is 32.0 Å². The van der Waals surface area contributed by atoms with Crippen LogP contribution in [0.4, 0.5) is 4.79 Å². The third-order valence-corrected chi connectivity index (χ3v) is 4.48. The van der Waals surface area contributed by atoms with E-state index in [0.717, 1.165) is 0 Å². The van der Waals surface area contributed by atoms with E-state index < -0.39 is 41.9 Å². The van der Waals surface area contributed by atoms with E-state index in [1.54, 1.807) is 13.8 Å². The first-order chi connectivity index (χ1) is 14.5. The molecule has 1 aromatic rings. The molecule has 10 nitrogen and oxygen atoms in total. The average molecular weight is 439 g/mol. The number of ether oxygens (including phenoxy) is 4. The number of hydrogen-bond acceptors (Lipinski definition) is 9. The molecule has 0 fully saturated rings. The van der Waals surface area contributed by atoms with Gasteiger partial charge in [0.25, 0.3) is 0 Å². The largest absolute Gasteiger partial charge is 0.508 e. The highest BCUT2D eigenvalue weighted by molar-refractivity contribution is 5.76. The fourth-order valence-electron chi connectivity index (χ4n) is 2.83. The highest BCUT2D eigenvalue weighted by Crippen LogP contribution is 2.35. The van der Waals surface area contributed by atoms with Crippen LogP contribution in [0.1, 0.15) is 52.5 Å². The molecule has 0 bridgehead atoms. The summed E-state index contributed by atoms with van der Waals surface area (Å²) in [5.41, 5.74) is 6.30. The van der Waals surface area contributed by atoms with E-state index in [4.69, 9.17) is 24.7 Å². The summed E-state index contributed by atoms with van der Waals surface area (Å²) >= 11 is 0. The van der Waals surface area contributed by atoms with Crippen LogP contribution in [0.2, 0.25) is 0 Å². The summed E-state index contributed by atoms with van der Waals surface area (Å²) in [5.74, 6) is -3.98. The molecule has 3 unspecified atom stereocenters. The molecule has 0 heterocycles. The minimum Gasteiger partial charge on any atom is -0.480 e. The van der Waals surface area contributed by atoms with Gasteiger partial charge in [-0.1, -0.05) is 19.9 Å². The maximum atomic E-state index is 11.8. The van der Waals surface area contributed by atoms with Crippen LogP contribution >= 0.6 is 0 Å². The Hall–Kier alpha value is -3.14. The summed E-state index contributed by atoms with van der Waals surface area (Å²) in [6.07, 6.45) is -0.570. The van der Waals surface area contributed by atoms with E-state index in [1.807, 2.05) is 6.92 Å². The van der Waals surface area contributed by atoms with Crippen LogP contribution in [-0.4, -0.2) is 47.9 Å². The predicted molar refractivity (Wildman–Crippen MR) is 109 cm³/mol. The predicted octanol–water partition coefficient (Wildman–Crippen LogP) is 2.62. The number of carbonyl (C=O) groups excluding carboxylic acids is 3. The number of carboxylic acids is 1. The zero-order valence-electron chi connectivity index (χ0n) is 18.2. The molecule has 0 aliphatic heterocycles. The first-order valence-electron chi connectivity index (χ1n) is 9.78. The topological polar surface area (TPSA) is 151 Å². The van der Waals surface area contributed by atoms with Crippen LogP contribution in [0.15, 0.2) is 18.2 Å². The standard InChI is InChI=1S/C21H29NO9/c1-6-12(3)29-21(27)28-10-11(2)18(19(22)20(25)26)15-7-8-16(30-13(4)23)17(9-15)31-14(5)24/h7-9,11-12,18-19H,6,10,22H2,1-5H3,(H,25,26)/t11?,12?,18?,19-/m0/s1. The molecule has 4 atom stereocenters. The minimum atomic E-state index is -1.35. The van der Waals surface area contributed by atoms with Crippen LogP contribution in [0.5, 0.6) is 11.5 Å². The SMILES string of the molecule is CCC(C)OC(=O)OCC(C)C(c1ccc(OC(C)=O)c(OC(C)=O)c1)[C@H](N)C(=O)O. The smallest absolute Gasteiger partial charge is 0.480 e. The molecule has 1 aromatic carbocycles. The van der Waals surface area contributed by atoms with Crippen molar-refractivity contribution >= 4 is 24.1 Å². The number of esters is 2. The Labute approximate surface area is 180 Å². The molecule has 1 rings (SSSR count). The molecule has 172 valence electrons. The zero-order chi connectivity index (χ0) is 23.7. The van der Waals surface area contributed by atoms with Crippen LogP contribution in [0, 0.1) is 5.92 Å². The van der Waals surface area contributed by atoms with Gasteiger partial charge in [-0.25, -0.2) is 4.79 Å². The molecule has 0 aliphatic carbocycles. The Morgan fingerprint density at radius 2 is 1.61 bits per heavy atom. The van der Waals surface area contributed by atoms with Gasteiger partial charge in [-0.2, -0.15) is 0 Å². The molecule has 0 saturated heterocycles. The summed E-state index contributed by atoms with van der Waals surface area (Å²) in [6, 6.07) is 2.91. The van der Waals surface area contributed by atoms with Gasteiger partial charge in [0.1, 0.15) is 12.1 Å². The van der Waals surface area contributed by atoms with E-state index in [0.29, 0.717) is 12.0 Å². The Balaban J connectivity index is 3.19. The monoisotopic (exact) mass is 439 g/mol. The van der Waals surface area contributed by atoms with Crippen LogP contribution in [-0.2, 0) is 23.9 Å². The van der Waals surface area contributed by atoms with Crippen molar-refractivity contribution in [2.75, 3.05) is 6.61 Å². The van der Waals surface area contributed by atoms with Crippen molar-refractivity contribution in [2.45, 2.75) is 59.1 Å². The lowest BCUT2D eigenvalue weighted by Crippen LogP contribution is -2.40. The second-order valence-corrected chi connectivity index (χ2v) is 7.16.